The van der Waals surface area contributed by atoms with Crippen LogP contribution in [-0.4, -0.2) is 25.0 Å². The molecule has 1 aromatic carbocycles. The van der Waals surface area contributed by atoms with E-state index in [-0.39, 0.29) is 16.9 Å². The maximum atomic E-state index is 14.0. The van der Waals surface area contributed by atoms with Gasteiger partial charge in [-0.3, -0.25) is 9.78 Å². The van der Waals surface area contributed by atoms with Gasteiger partial charge in [-0.2, -0.15) is 0 Å². The Bertz CT molecular complexity index is 613. The number of pyridine rings is 1. The molecule has 0 bridgehead atoms. The monoisotopic (exact) mass is 261 g/mol. The van der Waals surface area contributed by atoms with Crippen molar-refractivity contribution in [3.63, 3.8) is 0 Å². The molecule has 0 saturated carbocycles. The van der Waals surface area contributed by atoms with Crippen molar-refractivity contribution in [1.29, 1.82) is 0 Å². The molecule has 0 radical (unpaired) electrons. The van der Waals surface area contributed by atoms with Crippen LogP contribution < -0.4 is 9.47 Å². The maximum Gasteiger partial charge on any atom is 0.199 e. The number of halogens is 1. The van der Waals surface area contributed by atoms with Gasteiger partial charge < -0.3 is 9.47 Å². The number of hydrogen-bond acceptors (Lipinski definition) is 4. The van der Waals surface area contributed by atoms with Crippen molar-refractivity contribution in [2.75, 3.05) is 14.2 Å². The average Bonchev–Trinajstić information content (AvgIpc) is 2.46. The lowest BCUT2D eigenvalue weighted by Crippen LogP contribution is -2.07. The Morgan fingerprint density at radius 1 is 1.11 bits per heavy atom. The highest BCUT2D eigenvalue weighted by atomic mass is 19.1. The number of ether oxygens (including phenoxy) is 2. The third kappa shape index (κ3) is 2.40. The summed E-state index contributed by atoms with van der Waals surface area (Å²) in [7, 11) is 2.77. The largest absolute Gasteiger partial charge is 0.494 e. The molecule has 4 nitrogen and oxygen atoms in total. The van der Waals surface area contributed by atoms with Crippen molar-refractivity contribution < 1.29 is 18.7 Å². The summed E-state index contributed by atoms with van der Waals surface area (Å²) in [5, 5.41) is 0. The Kier molecular flexibility index (Phi) is 3.75. The van der Waals surface area contributed by atoms with Crippen LogP contribution in [0.25, 0.3) is 0 Å². The molecule has 0 saturated heterocycles. The van der Waals surface area contributed by atoms with Gasteiger partial charge in [-0.1, -0.05) is 6.07 Å². The topological polar surface area (TPSA) is 48.4 Å². The molecule has 5 heteroatoms. The van der Waals surface area contributed by atoms with E-state index in [4.69, 9.17) is 9.47 Å². The Labute approximate surface area is 109 Å². The van der Waals surface area contributed by atoms with E-state index in [0.717, 1.165) is 0 Å². The fourth-order valence-corrected chi connectivity index (χ4v) is 1.72. The predicted octanol–water partition coefficient (Wildman–Crippen LogP) is 2.47. The van der Waals surface area contributed by atoms with Crippen molar-refractivity contribution in [3.8, 4) is 11.5 Å². The fourth-order valence-electron chi connectivity index (χ4n) is 1.72. The number of carbonyl (C=O) groups is 1. The summed E-state index contributed by atoms with van der Waals surface area (Å²) in [6.07, 6.45) is 2.86. The van der Waals surface area contributed by atoms with Gasteiger partial charge in [0.2, 0.25) is 0 Å². The molecule has 0 spiro atoms. The summed E-state index contributed by atoms with van der Waals surface area (Å²) in [6.45, 7) is 0. The summed E-state index contributed by atoms with van der Waals surface area (Å²) < 4.78 is 23.9. The molecule has 0 aliphatic carbocycles. The van der Waals surface area contributed by atoms with Crippen LogP contribution in [0.3, 0.4) is 0 Å². The molecule has 0 atom stereocenters. The summed E-state index contributed by atoms with van der Waals surface area (Å²) >= 11 is 0. The molecule has 2 rings (SSSR count). The zero-order valence-corrected chi connectivity index (χ0v) is 10.5. The highest BCUT2D eigenvalue weighted by Crippen LogP contribution is 2.25. The number of rotatable bonds is 4. The van der Waals surface area contributed by atoms with Crippen LogP contribution >= 0.6 is 0 Å². The van der Waals surface area contributed by atoms with E-state index in [1.54, 1.807) is 6.07 Å². The molecule has 0 aliphatic heterocycles. The normalized spacial score (nSPS) is 10.1. The summed E-state index contributed by atoms with van der Waals surface area (Å²) in [5.41, 5.74) is 0.188. The molecular weight excluding hydrogens is 249 g/mol. The standard InChI is InChI=1S/C14H12FNO3/c1-18-11-5-3-4-10(13(11)15)14(17)9-6-7-16-8-12(9)19-2/h3-8H,1-2H3. The predicted molar refractivity (Wildman–Crippen MR) is 67.2 cm³/mol. The summed E-state index contributed by atoms with van der Waals surface area (Å²) in [4.78, 5) is 16.2. The van der Waals surface area contributed by atoms with Crippen LogP contribution in [0.2, 0.25) is 0 Å². The number of methoxy groups -OCH3 is 2. The third-order valence-electron chi connectivity index (χ3n) is 2.68. The summed E-state index contributed by atoms with van der Waals surface area (Å²) in [6, 6.07) is 5.90. The van der Waals surface area contributed by atoms with Crippen molar-refractivity contribution in [3.05, 3.63) is 53.6 Å². The van der Waals surface area contributed by atoms with Crippen molar-refractivity contribution in [2.45, 2.75) is 0 Å². The molecular formula is C14H12FNO3. The van der Waals surface area contributed by atoms with Crippen LogP contribution in [0.4, 0.5) is 4.39 Å². The van der Waals surface area contributed by atoms with E-state index < -0.39 is 11.6 Å². The van der Waals surface area contributed by atoms with Gasteiger partial charge in [0.15, 0.2) is 17.3 Å². The minimum absolute atomic E-state index is 0.0267. The molecule has 0 amide bonds. The van der Waals surface area contributed by atoms with E-state index in [9.17, 15) is 9.18 Å². The lowest BCUT2D eigenvalue weighted by Gasteiger charge is -2.09. The van der Waals surface area contributed by atoms with Crippen LogP contribution in [0.15, 0.2) is 36.7 Å². The molecule has 1 aromatic heterocycles. The average molecular weight is 261 g/mol. The molecule has 2 aromatic rings. The minimum atomic E-state index is -0.686. The first-order valence-electron chi connectivity index (χ1n) is 5.54. The van der Waals surface area contributed by atoms with Crippen molar-refractivity contribution in [2.24, 2.45) is 0 Å². The first kappa shape index (κ1) is 13.0. The zero-order valence-electron chi connectivity index (χ0n) is 10.5. The zero-order chi connectivity index (χ0) is 13.8. The number of hydrogen-bond donors (Lipinski definition) is 0. The molecule has 98 valence electrons. The Morgan fingerprint density at radius 3 is 2.53 bits per heavy atom. The SMILES string of the molecule is COc1cnccc1C(=O)c1cccc(OC)c1F. The second-order valence-electron chi connectivity index (χ2n) is 3.73. The van der Waals surface area contributed by atoms with Crippen LogP contribution in [0.5, 0.6) is 11.5 Å². The second kappa shape index (κ2) is 5.48. The lowest BCUT2D eigenvalue weighted by molar-refractivity contribution is 0.103. The minimum Gasteiger partial charge on any atom is -0.494 e. The smallest absolute Gasteiger partial charge is 0.199 e. The van der Waals surface area contributed by atoms with E-state index in [0.29, 0.717) is 5.75 Å². The molecule has 1 heterocycles. The number of nitrogens with zero attached hydrogens (tertiary/aromatic N) is 1. The number of benzene rings is 1. The van der Waals surface area contributed by atoms with Crippen LogP contribution in [0, 0.1) is 5.82 Å². The van der Waals surface area contributed by atoms with Crippen LogP contribution in [-0.2, 0) is 0 Å². The molecule has 0 unspecified atom stereocenters. The van der Waals surface area contributed by atoms with Crippen molar-refractivity contribution in [1.82, 2.24) is 4.98 Å². The van der Waals surface area contributed by atoms with Gasteiger partial charge in [-0.15, -0.1) is 0 Å². The van der Waals surface area contributed by atoms with Gasteiger partial charge in [0.05, 0.1) is 31.5 Å². The first-order chi connectivity index (χ1) is 9.19. The van der Waals surface area contributed by atoms with Gasteiger partial charge in [0, 0.05) is 6.20 Å². The highest BCUT2D eigenvalue weighted by molar-refractivity contribution is 6.11. The first-order valence-corrected chi connectivity index (χ1v) is 5.54. The number of aromatic nitrogens is 1. The third-order valence-corrected chi connectivity index (χ3v) is 2.68. The van der Waals surface area contributed by atoms with E-state index in [2.05, 4.69) is 4.98 Å². The van der Waals surface area contributed by atoms with Gasteiger partial charge >= 0.3 is 0 Å². The molecule has 0 aliphatic rings. The van der Waals surface area contributed by atoms with Crippen molar-refractivity contribution >= 4 is 5.78 Å². The van der Waals surface area contributed by atoms with Gasteiger partial charge in [0.1, 0.15) is 5.75 Å². The van der Waals surface area contributed by atoms with Gasteiger partial charge in [-0.05, 0) is 18.2 Å². The second-order valence-corrected chi connectivity index (χ2v) is 3.73. The molecule has 19 heavy (non-hydrogen) atoms. The Balaban J connectivity index is 2.50. The maximum absolute atomic E-state index is 14.0. The van der Waals surface area contributed by atoms with Crippen LogP contribution in [0.1, 0.15) is 15.9 Å². The Hall–Kier alpha value is -2.43. The quantitative estimate of drug-likeness (QED) is 0.793. The van der Waals surface area contributed by atoms with E-state index >= 15 is 0 Å². The Morgan fingerprint density at radius 2 is 1.84 bits per heavy atom. The molecule has 0 N–H and O–H groups in total. The van der Waals surface area contributed by atoms with E-state index in [1.807, 2.05) is 0 Å². The number of ketones is 1. The summed E-state index contributed by atoms with van der Waals surface area (Å²) in [5.74, 6) is -0.835. The number of carbonyl (C=O) groups excluding carboxylic acids is 1. The van der Waals surface area contributed by atoms with Gasteiger partial charge in [0.25, 0.3) is 0 Å². The van der Waals surface area contributed by atoms with Gasteiger partial charge in [-0.25, -0.2) is 4.39 Å². The highest BCUT2D eigenvalue weighted by Gasteiger charge is 2.20. The lowest BCUT2D eigenvalue weighted by atomic mass is 10.0. The fraction of sp³-hybridized carbons (Fsp3) is 0.143. The van der Waals surface area contributed by atoms with E-state index in [1.165, 1.54) is 44.8 Å². The molecule has 0 fully saturated rings.